The molecule has 18 heteroatoms. The second-order valence-electron chi connectivity index (χ2n) is 11.3. The van der Waals surface area contributed by atoms with Crippen molar-refractivity contribution >= 4 is 40.5 Å². The molecule has 1 heterocycles. The lowest BCUT2D eigenvalue weighted by molar-refractivity contribution is -0.193. The summed E-state index contributed by atoms with van der Waals surface area (Å²) in [6.07, 6.45) is -3.17. The second-order valence-corrected chi connectivity index (χ2v) is 11.3. The Balaban J connectivity index is 0.000000392. The van der Waals surface area contributed by atoms with E-state index in [9.17, 15) is 31.1 Å². The number of carboxylic acids is 2. The summed E-state index contributed by atoms with van der Waals surface area (Å²) in [5, 5.41) is 21.9. The first-order chi connectivity index (χ1) is 22.9. The molecule has 2 aliphatic carbocycles. The summed E-state index contributed by atoms with van der Waals surface area (Å²) < 4.78 is 63.5. The number of nitrogens with one attached hydrogen (secondary N) is 2. The largest absolute Gasteiger partial charge is 0.490 e. The Bertz CT molecular complexity index is 1650. The number of aliphatic imine (C=N–C) groups is 1. The Morgan fingerprint density at radius 2 is 1.49 bits per heavy atom. The highest BCUT2D eigenvalue weighted by Gasteiger charge is 2.39. The number of carbonyl (C=O) groups excluding carboxylic acids is 1. The number of guanidine groups is 1. The molecule has 1 amide bonds. The van der Waals surface area contributed by atoms with Gasteiger partial charge in [-0.05, 0) is 62.3 Å². The standard InChI is InChI=1S/C27H33N7O.2C2HF3O2/c1-16-13-14-21-19(15-16)24(31-22-10-4-5-11-23(22)33-27(28)29)34-25(30-21)26(35)32-20-12-6-8-17-7-2-3-9-18(17)20;2*3-2(4,5)1(6)7/h2-3,7,9,13-15,20,22-23H,4-6,8,10-12H2,1H3,(H,32,35)(H4,28,29,33)(H,30,31,34);2*(H,6,7). The van der Waals surface area contributed by atoms with Crippen LogP contribution in [0.25, 0.3) is 10.9 Å². The fraction of sp³-hybridized carbons (Fsp3) is 0.419. The summed E-state index contributed by atoms with van der Waals surface area (Å²) in [5.74, 6) is -4.86. The van der Waals surface area contributed by atoms with Crippen molar-refractivity contribution in [3.8, 4) is 0 Å². The van der Waals surface area contributed by atoms with Gasteiger partial charge in [0.05, 0.1) is 23.6 Å². The maximum absolute atomic E-state index is 13.4. The summed E-state index contributed by atoms with van der Waals surface area (Å²) in [7, 11) is 0. The lowest BCUT2D eigenvalue weighted by Crippen LogP contribution is -2.39. The molecular weight excluding hydrogens is 664 g/mol. The third kappa shape index (κ3) is 11.2. The van der Waals surface area contributed by atoms with Gasteiger partial charge in [0.2, 0.25) is 5.82 Å². The van der Waals surface area contributed by atoms with Crippen LogP contribution in [0.3, 0.4) is 0 Å². The van der Waals surface area contributed by atoms with E-state index in [2.05, 4.69) is 44.9 Å². The average Bonchev–Trinajstić information content (AvgIpc) is 3.01. The number of carbonyl (C=O) groups is 3. The first-order valence-corrected chi connectivity index (χ1v) is 15.0. The highest BCUT2D eigenvalue weighted by molar-refractivity contribution is 5.97. The fourth-order valence-electron chi connectivity index (χ4n) is 5.38. The average molecular weight is 700 g/mol. The van der Waals surface area contributed by atoms with Gasteiger partial charge < -0.3 is 32.3 Å². The van der Waals surface area contributed by atoms with Crippen molar-refractivity contribution in [3.63, 3.8) is 0 Å². The minimum absolute atomic E-state index is 0.0282. The molecule has 2 aliphatic rings. The number of fused-ring (bicyclic) bond motifs is 2. The number of nitrogens with two attached hydrogens (primary N) is 2. The van der Waals surface area contributed by atoms with Gasteiger partial charge in [-0.1, -0.05) is 48.7 Å². The zero-order valence-electron chi connectivity index (χ0n) is 26.1. The number of anilines is 1. The number of hydrogen-bond donors (Lipinski definition) is 6. The number of carboxylic acid groups (broad SMARTS) is 2. The Labute approximate surface area is 276 Å². The molecular formula is C31H35F6N7O5. The minimum Gasteiger partial charge on any atom is -0.475 e. The van der Waals surface area contributed by atoms with Gasteiger partial charge in [0.1, 0.15) is 5.82 Å². The van der Waals surface area contributed by atoms with Crippen molar-refractivity contribution in [1.29, 1.82) is 0 Å². The van der Waals surface area contributed by atoms with Crippen LogP contribution in [0, 0.1) is 6.92 Å². The molecule has 12 nitrogen and oxygen atoms in total. The van der Waals surface area contributed by atoms with Gasteiger partial charge in [0.25, 0.3) is 5.91 Å². The molecule has 1 saturated carbocycles. The van der Waals surface area contributed by atoms with Crippen molar-refractivity contribution in [2.24, 2.45) is 16.5 Å². The Kier molecular flexibility index (Phi) is 12.7. The third-order valence-corrected chi connectivity index (χ3v) is 7.58. The fourth-order valence-corrected chi connectivity index (χ4v) is 5.38. The van der Waals surface area contributed by atoms with Crippen LogP contribution in [0.4, 0.5) is 32.2 Å². The number of nitrogens with zero attached hydrogens (tertiary/aromatic N) is 3. The number of aliphatic carboxylic acids is 2. The van der Waals surface area contributed by atoms with Crippen molar-refractivity contribution < 1.29 is 50.9 Å². The molecule has 0 bridgehead atoms. The zero-order valence-corrected chi connectivity index (χ0v) is 26.1. The maximum atomic E-state index is 13.4. The summed E-state index contributed by atoms with van der Waals surface area (Å²) in [5.41, 5.74) is 15.7. The van der Waals surface area contributed by atoms with Crippen molar-refractivity contribution in [2.45, 2.75) is 82.3 Å². The number of halogens is 6. The van der Waals surface area contributed by atoms with E-state index in [1.54, 1.807) is 0 Å². The van der Waals surface area contributed by atoms with Gasteiger partial charge in [-0.25, -0.2) is 24.5 Å². The molecule has 0 radical (unpaired) electrons. The number of rotatable bonds is 5. The van der Waals surface area contributed by atoms with Gasteiger partial charge in [-0.15, -0.1) is 0 Å². The predicted molar refractivity (Wildman–Crippen MR) is 167 cm³/mol. The number of aryl methyl sites for hydroxylation is 2. The number of hydrogen-bond acceptors (Lipinski definition) is 7. The van der Waals surface area contributed by atoms with Crippen molar-refractivity contribution in [3.05, 3.63) is 65.0 Å². The van der Waals surface area contributed by atoms with Crippen molar-refractivity contribution in [2.75, 3.05) is 5.32 Å². The van der Waals surface area contributed by atoms with Crippen LogP contribution in [0.15, 0.2) is 47.5 Å². The Morgan fingerprint density at radius 1 is 0.878 bits per heavy atom. The molecule has 2 aromatic carbocycles. The third-order valence-electron chi connectivity index (χ3n) is 7.58. The van der Waals surface area contributed by atoms with E-state index in [0.29, 0.717) is 5.82 Å². The maximum Gasteiger partial charge on any atom is 0.490 e. The number of aromatic nitrogens is 2. The molecule has 8 N–H and O–H groups in total. The predicted octanol–water partition coefficient (Wildman–Crippen LogP) is 5.01. The van der Waals surface area contributed by atoms with Crippen LogP contribution in [-0.2, 0) is 16.0 Å². The molecule has 266 valence electrons. The van der Waals surface area contributed by atoms with E-state index < -0.39 is 24.3 Å². The highest BCUT2D eigenvalue weighted by atomic mass is 19.4. The summed E-state index contributed by atoms with van der Waals surface area (Å²) in [4.78, 5) is 45.0. The van der Waals surface area contributed by atoms with E-state index in [1.165, 1.54) is 11.1 Å². The minimum atomic E-state index is -5.08. The molecule has 0 spiro atoms. The van der Waals surface area contributed by atoms with E-state index in [0.717, 1.165) is 61.4 Å². The van der Waals surface area contributed by atoms with Gasteiger partial charge in [0, 0.05) is 5.39 Å². The zero-order chi connectivity index (χ0) is 36.5. The molecule has 49 heavy (non-hydrogen) atoms. The molecule has 1 aromatic heterocycles. The van der Waals surface area contributed by atoms with Crippen LogP contribution < -0.4 is 22.1 Å². The summed E-state index contributed by atoms with van der Waals surface area (Å²) in [6, 6.07) is 14.3. The van der Waals surface area contributed by atoms with Crippen LogP contribution in [-0.4, -0.2) is 68.4 Å². The number of alkyl halides is 6. The van der Waals surface area contributed by atoms with E-state index >= 15 is 0 Å². The van der Waals surface area contributed by atoms with Crippen LogP contribution in [0.2, 0.25) is 0 Å². The lowest BCUT2D eigenvalue weighted by Gasteiger charge is -2.30. The first-order valence-electron chi connectivity index (χ1n) is 15.0. The molecule has 1 fully saturated rings. The van der Waals surface area contributed by atoms with Crippen LogP contribution >= 0.6 is 0 Å². The topological polar surface area (TPSA) is 206 Å². The van der Waals surface area contributed by atoms with E-state index in [1.807, 2.05) is 25.1 Å². The quantitative estimate of drug-likeness (QED) is 0.119. The smallest absolute Gasteiger partial charge is 0.475 e. The highest BCUT2D eigenvalue weighted by Crippen LogP contribution is 2.31. The Morgan fingerprint density at radius 3 is 2.10 bits per heavy atom. The number of benzene rings is 2. The normalized spacial score (nSPS) is 18.7. The first kappa shape index (κ1) is 38.3. The Hall–Kier alpha value is -5.16. The monoisotopic (exact) mass is 699 g/mol. The molecule has 3 aromatic rings. The van der Waals surface area contributed by atoms with E-state index in [4.69, 9.17) is 36.3 Å². The van der Waals surface area contributed by atoms with E-state index in [-0.39, 0.29) is 35.8 Å². The second kappa shape index (κ2) is 16.3. The lowest BCUT2D eigenvalue weighted by atomic mass is 9.88. The van der Waals surface area contributed by atoms with Gasteiger partial charge in [-0.3, -0.25) is 4.79 Å². The van der Waals surface area contributed by atoms with Crippen LogP contribution in [0.1, 0.15) is 71.9 Å². The number of amides is 1. The molecule has 3 unspecified atom stereocenters. The van der Waals surface area contributed by atoms with Crippen LogP contribution in [0.5, 0.6) is 0 Å². The molecule has 5 rings (SSSR count). The molecule has 0 aliphatic heterocycles. The summed E-state index contributed by atoms with van der Waals surface area (Å²) >= 11 is 0. The van der Waals surface area contributed by atoms with Crippen molar-refractivity contribution in [1.82, 2.24) is 15.3 Å². The molecule has 3 atom stereocenters. The van der Waals surface area contributed by atoms with Gasteiger partial charge >= 0.3 is 24.3 Å². The SMILES string of the molecule is Cc1ccc2nc(C(=O)NC3CCCc4ccccc43)nc(NC3CCCCC3N=C(N)N)c2c1.O=C(O)C(F)(F)F.O=C(O)C(F)(F)F. The van der Waals surface area contributed by atoms with Gasteiger partial charge in [-0.2, -0.15) is 26.3 Å². The summed E-state index contributed by atoms with van der Waals surface area (Å²) in [6.45, 7) is 2.03. The molecule has 0 saturated heterocycles. The van der Waals surface area contributed by atoms with Gasteiger partial charge in [0.15, 0.2) is 5.96 Å².